The van der Waals surface area contributed by atoms with E-state index in [1.54, 1.807) is 25.1 Å². The van der Waals surface area contributed by atoms with Gasteiger partial charge in [-0.1, -0.05) is 0 Å². The number of rotatable bonds is 4. The summed E-state index contributed by atoms with van der Waals surface area (Å²) in [6.07, 6.45) is -0.587. The van der Waals surface area contributed by atoms with Crippen LogP contribution in [-0.2, 0) is 0 Å². The maximum Gasteiger partial charge on any atom is 0.253 e. The average Bonchev–Trinajstić information content (AvgIpc) is 2.26. The molecule has 0 aromatic heterocycles. The van der Waals surface area contributed by atoms with Gasteiger partial charge >= 0.3 is 0 Å². The van der Waals surface area contributed by atoms with Gasteiger partial charge in [0.2, 0.25) is 0 Å². The van der Waals surface area contributed by atoms with Crippen LogP contribution in [0.5, 0.6) is 5.75 Å². The van der Waals surface area contributed by atoms with E-state index in [9.17, 15) is 4.79 Å². The molecular weight excluding hydrogens is 208 g/mol. The van der Waals surface area contributed by atoms with Gasteiger partial charge in [0.1, 0.15) is 5.75 Å². The minimum Gasteiger partial charge on any atom is -0.497 e. The van der Waals surface area contributed by atoms with E-state index in [1.165, 1.54) is 7.11 Å². The van der Waals surface area contributed by atoms with E-state index >= 15 is 0 Å². The molecule has 0 saturated carbocycles. The van der Waals surface area contributed by atoms with Crippen molar-refractivity contribution in [1.29, 1.82) is 0 Å². The molecule has 4 N–H and O–H groups in total. The van der Waals surface area contributed by atoms with Crippen LogP contribution in [0.4, 0.5) is 5.69 Å². The van der Waals surface area contributed by atoms with Crippen LogP contribution in [0.2, 0.25) is 0 Å². The van der Waals surface area contributed by atoms with Crippen LogP contribution >= 0.6 is 0 Å². The highest BCUT2D eigenvalue weighted by molar-refractivity contribution is 5.99. The van der Waals surface area contributed by atoms with Crippen molar-refractivity contribution in [2.24, 2.45) is 0 Å². The minimum atomic E-state index is -0.587. The van der Waals surface area contributed by atoms with Crippen LogP contribution in [0.3, 0.4) is 0 Å². The van der Waals surface area contributed by atoms with Crippen molar-refractivity contribution in [2.45, 2.75) is 13.0 Å². The maximum absolute atomic E-state index is 11.7. The highest BCUT2D eigenvalue weighted by Gasteiger charge is 2.11. The normalized spacial score (nSPS) is 11.9. The first-order chi connectivity index (χ1) is 7.54. The predicted octanol–water partition coefficient (Wildman–Crippen LogP) is 0.388. The number of carbonyl (C=O) groups excluding carboxylic acids is 1. The second kappa shape index (κ2) is 5.37. The Kier molecular flexibility index (Phi) is 4.13. The molecule has 0 aliphatic heterocycles. The Morgan fingerprint density at radius 2 is 2.31 bits per heavy atom. The SMILES string of the molecule is COc1ccc(N)c(C(=O)NC[C@@H](C)O)c1. The van der Waals surface area contributed by atoms with E-state index in [-0.39, 0.29) is 12.5 Å². The molecule has 0 heterocycles. The Bertz CT molecular complexity index is 377. The van der Waals surface area contributed by atoms with Gasteiger partial charge in [-0.3, -0.25) is 4.79 Å². The molecule has 0 unspecified atom stereocenters. The molecule has 1 aromatic carbocycles. The molecule has 0 bridgehead atoms. The van der Waals surface area contributed by atoms with Crippen molar-refractivity contribution in [3.8, 4) is 5.75 Å². The maximum atomic E-state index is 11.7. The lowest BCUT2D eigenvalue weighted by Gasteiger charge is -2.10. The third-order valence-electron chi connectivity index (χ3n) is 2.06. The van der Waals surface area contributed by atoms with Gasteiger partial charge in [-0.05, 0) is 25.1 Å². The number of carbonyl (C=O) groups is 1. The first-order valence-corrected chi connectivity index (χ1v) is 4.94. The van der Waals surface area contributed by atoms with Crippen molar-refractivity contribution >= 4 is 11.6 Å². The lowest BCUT2D eigenvalue weighted by molar-refractivity contribution is 0.0924. The fourth-order valence-electron chi connectivity index (χ4n) is 1.19. The van der Waals surface area contributed by atoms with Crippen molar-refractivity contribution in [3.63, 3.8) is 0 Å². The van der Waals surface area contributed by atoms with Crippen molar-refractivity contribution < 1.29 is 14.6 Å². The summed E-state index contributed by atoms with van der Waals surface area (Å²) < 4.78 is 5.00. The molecule has 0 spiro atoms. The van der Waals surface area contributed by atoms with Crippen molar-refractivity contribution in [2.75, 3.05) is 19.4 Å². The molecule has 16 heavy (non-hydrogen) atoms. The van der Waals surface area contributed by atoms with Gasteiger partial charge in [0.15, 0.2) is 0 Å². The number of aliphatic hydroxyl groups excluding tert-OH is 1. The molecule has 1 rings (SSSR count). The average molecular weight is 224 g/mol. The first kappa shape index (κ1) is 12.3. The second-order valence-corrected chi connectivity index (χ2v) is 3.51. The monoisotopic (exact) mass is 224 g/mol. The number of nitrogens with two attached hydrogens (primary N) is 1. The summed E-state index contributed by atoms with van der Waals surface area (Å²) in [6, 6.07) is 4.85. The zero-order valence-electron chi connectivity index (χ0n) is 9.36. The van der Waals surface area contributed by atoms with Crippen LogP contribution in [0.1, 0.15) is 17.3 Å². The molecule has 0 radical (unpaired) electrons. The smallest absolute Gasteiger partial charge is 0.253 e. The standard InChI is InChI=1S/C11H16N2O3/c1-7(14)6-13-11(15)9-5-8(16-2)3-4-10(9)12/h3-5,7,14H,6,12H2,1-2H3,(H,13,15)/t7-/m1/s1. The number of anilines is 1. The summed E-state index contributed by atoms with van der Waals surface area (Å²) in [5, 5.41) is 11.6. The van der Waals surface area contributed by atoms with Gasteiger partial charge in [-0.25, -0.2) is 0 Å². The van der Waals surface area contributed by atoms with E-state index in [0.717, 1.165) is 0 Å². The van der Waals surface area contributed by atoms with Crippen LogP contribution in [0.15, 0.2) is 18.2 Å². The summed E-state index contributed by atoms with van der Waals surface area (Å²) in [7, 11) is 1.52. The topological polar surface area (TPSA) is 84.6 Å². The van der Waals surface area contributed by atoms with E-state index < -0.39 is 6.10 Å². The van der Waals surface area contributed by atoms with Crippen molar-refractivity contribution in [3.05, 3.63) is 23.8 Å². The Morgan fingerprint density at radius 3 is 2.88 bits per heavy atom. The molecule has 1 aromatic rings. The molecule has 88 valence electrons. The number of amides is 1. The van der Waals surface area contributed by atoms with Gasteiger partial charge in [0, 0.05) is 12.2 Å². The highest BCUT2D eigenvalue weighted by atomic mass is 16.5. The Hall–Kier alpha value is -1.75. The van der Waals surface area contributed by atoms with Gasteiger partial charge in [0.25, 0.3) is 5.91 Å². The number of aliphatic hydroxyl groups is 1. The zero-order valence-corrected chi connectivity index (χ0v) is 9.36. The first-order valence-electron chi connectivity index (χ1n) is 4.94. The van der Waals surface area contributed by atoms with Gasteiger partial charge in [-0.2, -0.15) is 0 Å². The number of benzene rings is 1. The van der Waals surface area contributed by atoms with Crippen molar-refractivity contribution in [1.82, 2.24) is 5.32 Å². The number of hydrogen-bond acceptors (Lipinski definition) is 4. The van der Waals surface area contributed by atoms with E-state index in [2.05, 4.69) is 5.32 Å². The lowest BCUT2D eigenvalue weighted by atomic mass is 10.1. The Labute approximate surface area is 94.2 Å². The van der Waals surface area contributed by atoms with Gasteiger partial charge in [0.05, 0.1) is 18.8 Å². The Morgan fingerprint density at radius 1 is 1.62 bits per heavy atom. The summed E-state index contributed by atoms with van der Waals surface area (Å²) in [5.74, 6) is 0.244. The number of ether oxygens (including phenoxy) is 1. The van der Waals surface area contributed by atoms with Crippen LogP contribution in [-0.4, -0.2) is 30.8 Å². The predicted molar refractivity (Wildman–Crippen MR) is 61.4 cm³/mol. The number of nitrogen functional groups attached to an aromatic ring is 1. The summed E-state index contributed by atoms with van der Waals surface area (Å²) in [5.41, 5.74) is 6.40. The van der Waals surface area contributed by atoms with E-state index in [4.69, 9.17) is 15.6 Å². The fourth-order valence-corrected chi connectivity index (χ4v) is 1.19. The molecule has 0 fully saturated rings. The Balaban J connectivity index is 2.81. The summed E-state index contributed by atoms with van der Waals surface area (Å²) in [6.45, 7) is 1.78. The zero-order chi connectivity index (χ0) is 12.1. The molecule has 1 atom stereocenters. The van der Waals surface area contributed by atoms with Gasteiger partial charge in [-0.15, -0.1) is 0 Å². The number of hydrogen-bond donors (Lipinski definition) is 3. The van der Waals surface area contributed by atoms with Crippen LogP contribution in [0, 0.1) is 0 Å². The van der Waals surface area contributed by atoms with E-state index in [1.807, 2.05) is 0 Å². The molecule has 0 saturated heterocycles. The van der Waals surface area contributed by atoms with Crippen LogP contribution in [0.25, 0.3) is 0 Å². The molecule has 0 aliphatic rings. The molecule has 1 amide bonds. The third kappa shape index (κ3) is 3.13. The van der Waals surface area contributed by atoms with Crippen LogP contribution < -0.4 is 15.8 Å². The fraction of sp³-hybridized carbons (Fsp3) is 0.364. The largest absolute Gasteiger partial charge is 0.497 e. The molecule has 0 aliphatic carbocycles. The lowest BCUT2D eigenvalue weighted by Crippen LogP contribution is -2.31. The minimum absolute atomic E-state index is 0.190. The third-order valence-corrected chi connectivity index (χ3v) is 2.06. The second-order valence-electron chi connectivity index (χ2n) is 3.51. The quantitative estimate of drug-likeness (QED) is 0.646. The summed E-state index contributed by atoms with van der Waals surface area (Å²) in [4.78, 5) is 11.7. The van der Waals surface area contributed by atoms with Gasteiger partial charge < -0.3 is 20.9 Å². The van der Waals surface area contributed by atoms with E-state index in [0.29, 0.717) is 17.0 Å². The number of nitrogens with one attached hydrogen (secondary N) is 1. The highest BCUT2D eigenvalue weighted by Crippen LogP contribution is 2.19. The molecular formula is C11H16N2O3. The summed E-state index contributed by atoms with van der Waals surface area (Å²) >= 11 is 0. The molecule has 5 nitrogen and oxygen atoms in total. The number of methoxy groups -OCH3 is 1. The molecule has 5 heteroatoms.